The zero-order valence-electron chi connectivity index (χ0n) is 11.7. The van der Waals surface area contributed by atoms with E-state index < -0.39 is 0 Å². The monoisotopic (exact) mass is 424 g/mol. The van der Waals surface area contributed by atoms with Gasteiger partial charge in [-0.25, -0.2) is 0 Å². The van der Waals surface area contributed by atoms with E-state index in [1.54, 1.807) is 0 Å². The van der Waals surface area contributed by atoms with E-state index in [9.17, 15) is 0 Å². The first-order valence-corrected chi connectivity index (χ1v) is 8.66. The number of hydrogen-bond donors (Lipinski definition) is 0. The molecule has 0 N–H and O–H groups in total. The fourth-order valence-electron chi connectivity index (χ4n) is 1.79. The third-order valence-corrected chi connectivity index (χ3v) is 3.63. The minimum atomic E-state index is 0.515. The van der Waals surface area contributed by atoms with E-state index in [1.165, 1.54) is 0 Å². The number of alkyl halides is 1. The lowest BCUT2D eigenvalue weighted by molar-refractivity contribution is 0.311. The fourth-order valence-corrected chi connectivity index (χ4v) is 2.17. The molecular formula is C15H19Br2ClO2. The molecule has 0 unspecified atom stereocenters. The van der Waals surface area contributed by atoms with Crippen LogP contribution in [0.15, 0.2) is 21.6 Å². The molecule has 0 saturated heterocycles. The van der Waals surface area contributed by atoms with Gasteiger partial charge in [0.05, 0.1) is 10.00 Å². The molecule has 112 valence electrons. The molecule has 0 bridgehead atoms. The Morgan fingerprint density at radius 2 is 2.05 bits per heavy atom. The highest BCUT2D eigenvalue weighted by Gasteiger charge is 2.09. The van der Waals surface area contributed by atoms with Crippen LogP contribution >= 0.6 is 43.5 Å². The SMILES string of the molecule is CCc1cc(OCC=C(Br)Br)cc(C)c1OCCCCl. The number of halogens is 3. The summed E-state index contributed by atoms with van der Waals surface area (Å²) in [5.41, 5.74) is 2.26. The topological polar surface area (TPSA) is 18.5 Å². The summed E-state index contributed by atoms with van der Waals surface area (Å²) in [7, 11) is 0. The van der Waals surface area contributed by atoms with E-state index in [-0.39, 0.29) is 0 Å². The van der Waals surface area contributed by atoms with Crippen LogP contribution in [0.25, 0.3) is 0 Å². The highest BCUT2D eigenvalue weighted by molar-refractivity contribution is 9.28. The van der Waals surface area contributed by atoms with Gasteiger partial charge < -0.3 is 9.47 Å². The normalized spacial score (nSPS) is 10.2. The summed E-state index contributed by atoms with van der Waals surface area (Å²) in [4.78, 5) is 0. The van der Waals surface area contributed by atoms with Crippen molar-refractivity contribution >= 4 is 43.5 Å². The Kier molecular flexibility index (Phi) is 8.66. The lowest BCUT2D eigenvalue weighted by atomic mass is 10.1. The summed E-state index contributed by atoms with van der Waals surface area (Å²) in [5, 5.41) is 0. The van der Waals surface area contributed by atoms with Crippen molar-refractivity contribution in [2.75, 3.05) is 19.1 Å². The number of benzene rings is 1. The molecule has 0 aliphatic rings. The van der Waals surface area contributed by atoms with Crippen molar-refractivity contribution in [2.24, 2.45) is 0 Å². The highest BCUT2D eigenvalue weighted by atomic mass is 79.9. The second-order valence-electron chi connectivity index (χ2n) is 4.28. The Morgan fingerprint density at radius 3 is 2.65 bits per heavy atom. The predicted octanol–water partition coefficient (Wildman–Crippen LogP) is 5.58. The van der Waals surface area contributed by atoms with Gasteiger partial charge in [0.15, 0.2) is 0 Å². The standard InChI is InChI=1S/C15H19Br2ClO2/c1-3-12-10-13(19-8-5-14(16)17)9-11(2)15(12)20-7-4-6-18/h5,9-10H,3-4,6-8H2,1-2H3. The first-order chi connectivity index (χ1) is 9.58. The van der Waals surface area contributed by atoms with Crippen molar-refractivity contribution in [3.63, 3.8) is 0 Å². The van der Waals surface area contributed by atoms with Crippen molar-refractivity contribution < 1.29 is 9.47 Å². The molecule has 20 heavy (non-hydrogen) atoms. The van der Waals surface area contributed by atoms with Gasteiger partial charge in [-0.15, -0.1) is 11.6 Å². The van der Waals surface area contributed by atoms with Crippen LogP contribution in [0.2, 0.25) is 0 Å². The van der Waals surface area contributed by atoms with Crippen molar-refractivity contribution in [3.05, 3.63) is 32.7 Å². The lowest BCUT2D eigenvalue weighted by Gasteiger charge is -2.15. The Labute approximate surface area is 142 Å². The third kappa shape index (κ3) is 6.06. The van der Waals surface area contributed by atoms with Crippen molar-refractivity contribution in [1.82, 2.24) is 0 Å². The first-order valence-electron chi connectivity index (χ1n) is 6.54. The van der Waals surface area contributed by atoms with E-state index in [4.69, 9.17) is 21.1 Å². The van der Waals surface area contributed by atoms with Crippen LogP contribution in [0.4, 0.5) is 0 Å². The summed E-state index contributed by atoms with van der Waals surface area (Å²) in [6, 6.07) is 4.05. The molecule has 0 atom stereocenters. The van der Waals surface area contributed by atoms with E-state index >= 15 is 0 Å². The molecule has 1 aromatic carbocycles. The molecule has 0 aliphatic heterocycles. The molecule has 1 aromatic rings. The van der Waals surface area contributed by atoms with Crippen LogP contribution in [-0.2, 0) is 6.42 Å². The van der Waals surface area contributed by atoms with E-state index in [2.05, 4.69) is 38.8 Å². The molecule has 0 saturated carbocycles. The molecule has 0 aromatic heterocycles. The fraction of sp³-hybridized carbons (Fsp3) is 0.467. The van der Waals surface area contributed by atoms with Gasteiger partial charge in [-0.1, -0.05) is 6.92 Å². The maximum Gasteiger partial charge on any atom is 0.125 e. The maximum atomic E-state index is 5.83. The second kappa shape index (κ2) is 9.69. The summed E-state index contributed by atoms with van der Waals surface area (Å²) in [6.07, 6.45) is 3.67. The number of hydrogen-bond acceptors (Lipinski definition) is 2. The van der Waals surface area contributed by atoms with Crippen LogP contribution in [-0.4, -0.2) is 19.1 Å². The van der Waals surface area contributed by atoms with Crippen LogP contribution in [0.3, 0.4) is 0 Å². The smallest absolute Gasteiger partial charge is 0.125 e. The molecule has 0 amide bonds. The molecular weight excluding hydrogens is 407 g/mol. The number of rotatable bonds is 8. The molecule has 5 heteroatoms. The Balaban J connectivity index is 2.81. The quantitative estimate of drug-likeness (QED) is 0.399. The Morgan fingerprint density at radius 1 is 1.30 bits per heavy atom. The summed E-state index contributed by atoms with van der Waals surface area (Å²) < 4.78 is 12.4. The maximum absolute atomic E-state index is 5.83. The predicted molar refractivity (Wildman–Crippen MR) is 92.8 cm³/mol. The van der Waals surface area contributed by atoms with Crippen LogP contribution in [0.5, 0.6) is 11.5 Å². The van der Waals surface area contributed by atoms with Gasteiger partial charge in [-0.05, 0) is 81.0 Å². The molecule has 0 spiro atoms. The van der Waals surface area contributed by atoms with Gasteiger partial charge in [0.25, 0.3) is 0 Å². The van der Waals surface area contributed by atoms with Crippen molar-refractivity contribution in [3.8, 4) is 11.5 Å². The van der Waals surface area contributed by atoms with E-state index in [1.807, 2.05) is 25.1 Å². The lowest BCUT2D eigenvalue weighted by Crippen LogP contribution is -2.03. The highest BCUT2D eigenvalue weighted by Crippen LogP contribution is 2.30. The summed E-state index contributed by atoms with van der Waals surface area (Å²) in [6.45, 7) is 5.32. The third-order valence-electron chi connectivity index (χ3n) is 2.72. The van der Waals surface area contributed by atoms with Gasteiger partial charge in [0, 0.05) is 5.88 Å². The van der Waals surface area contributed by atoms with Crippen molar-refractivity contribution in [1.29, 1.82) is 0 Å². The Bertz CT molecular complexity index is 457. The molecule has 2 nitrogen and oxygen atoms in total. The van der Waals surface area contributed by atoms with Gasteiger partial charge in [-0.3, -0.25) is 0 Å². The van der Waals surface area contributed by atoms with Gasteiger partial charge in [-0.2, -0.15) is 0 Å². The average Bonchev–Trinajstić information content (AvgIpc) is 2.40. The van der Waals surface area contributed by atoms with Crippen LogP contribution < -0.4 is 9.47 Å². The first kappa shape index (κ1) is 17.9. The minimum absolute atomic E-state index is 0.515. The zero-order chi connectivity index (χ0) is 15.0. The van der Waals surface area contributed by atoms with Crippen molar-refractivity contribution in [2.45, 2.75) is 26.7 Å². The molecule has 0 radical (unpaired) electrons. The number of aryl methyl sites for hydroxylation is 2. The summed E-state index contributed by atoms with van der Waals surface area (Å²) >= 11 is 12.3. The molecule has 0 fully saturated rings. The number of ether oxygens (including phenoxy) is 2. The van der Waals surface area contributed by atoms with Crippen LogP contribution in [0.1, 0.15) is 24.5 Å². The van der Waals surface area contributed by atoms with Gasteiger partial charge >= 0.3 is 0 Å². The average molecular weight is 427 g/mol. The van der Waals surface area contributed by atoms with Gasteiger partial charge in [0.2, 0.25) is 0 Å². The Hall–Kier alpha value is -0.190. The minimum Gasteiger partial charge on any atom is -0.493 e. The van der Waals surface area contributed by atoms with E-state index in [0.717, 1.165) is 38.9 Å². The molecule has 0 aliphatic carbocycles. The zero-order valence-corrected chi connectivity index (χ0v) is 15.6. The largest absolute Gasteiger partial charge is 0.493 e. The van der Waals surface area contributed by atoms with Gasteiger partial charge in [0.1, 0.15) is 18.1 Å². The molecule has 1 rings (SSSR count). The molecule has 0 heterocycles. The van der Waals surface area contributed by atoms with E-state index in [0.29, 0.717) is 19.1 Å². The second-order valence-corrected chi connectivity index (χ2v) is 7.43. The van der Waals surface area contributed by atoms with Crippen LogP contribution in [0, 0.1) is 6.92 Å². The summed E-state index contributed by atoms with van der Waals surface area (Å²) in [5.74, 6) is 2.44.